The Labute approximate surface area is 323 Å². The summed E-state index contributed by atoms with van der Waals surface area (Å²) in [6.45, 7) is 19.8. The van der Waals surface area contributed by atoms with Gasteiger partial charge in [-0.05, 0) is 155 Å². The van der Waals surface area contributed by atoms with Crippen LogP contribution in [0, 0.1) is 45.8 Å². The van der Waals surface area contributed by atoms with E-state index in [1.54, 1.807) is 0 Å². The molecule has 3 saturated heterocycles. The van der Waals surface area contributed by atoms with E-state index in [2.05, 4.69) is 13.8 Å². The number of aliphatic hydroxyl groups is 1. The first-order valence-corrected chi connectivity index (χ1v) is 21.4. The molecule has 10 heteroatoms. The summed E-state index contributed by atoms with van der Waals surface area (Å²) in [4.78, 5) is 48.3. The second-order valence-corrected chi connectivity index (χ2v) is 20.6. The SMILES string of the molecule is CCC(C)(C)C(=O)OC1(CC)CC2CCC1C2.CCC(C)(C)C(=O)OC12CC3CC(CC(O)(C3)C1)C2.CCC(C)(C)C(=O)OC1C2CC3C(=O)OC1C3O2. The molecule has 9 aliphatic rings. The predicted molar refractivity (Wildman–Crippen MR) is 202 cm³/mol. The van der Waals surface area contributed by atoms with Crippen LogP contribution in [0.15, 0.2) is 0 Å². The van der Waals surface area contributed by atoms with E-state index in [1.807, 2.05) is 55.4 Å². The maximum absolute atomic E-state index is 12.4. The molecule has 9 rings (SSSR count). The van der Waals surface area contributed by atoms with Gasteiger partial charge in [0.1, 0.15) is 17.3 Å². The minimum atomic E-state index is -0.555. The highest BCUT2D eigenvalue weighted by Crippen LogP contribution is 2.59. The van der Waals surface area contributed by atoms with Gasteiger partial charge in [0.15, 0.2) is 12.2 Å². The Kier molecular flexibility index (Phi) is 11.2. The van der Waals surface area contributed by atoms with E-state index in [-0.39, 0.29) is 58.6 Å². The summed E-state index contributed by atoms with van der Waals surface area (Å²) in [6, 6.07) is 0. The second-order valence-electron chi connectivity index (χ2n) is 20.6. The zero-order chi connectivity index (χ0) is 39.6. The third kappa shape index (κ3) is 7.74. The number of carbonyl (C=O) groups is 4. The number of hydrogen-bond donors (Lipinski definition) is 1. The van der Waals surface area contributed by atoms with Crippen molar-refractivity contribution in [1.82, 2.24) is 0 Å². The van der Waals surface area contributed by atoms with Gasteiger partial charge in [-0.3, -0.25) is 19.2 Å². The van der Waals surface area contributed by atoms with Gasteiger partial charge in [0.25, 0.3) is 0 Å². The van der Waals surface area contributed by atoms with Crippen LogP contribution in [0.2, 0.25) is 0 Å². The van der Waals surface area contributed by atoms with Crippen LogP contribution in [0.1, 0.15) is 166 Å². The van der Waals surface area contributed by atoms with E-state index in [4.69, 9.17) is 23.7 Å². The van der Waals surface area contributed by atoms with E-state index >= 15 is 0 Å². The summed E-state index contributed by atoms with van der Waals surface area (Å²) < 4.78 is 28.4. The lowest BCUT2D eigenvalue weighted by atomic mass is 9.52. The minimum absolute atomic E-state index is 0.00870. The Morgan fingerprint density at radius 1 is 0.722 bits per heavy atom. The maximum Gasteiger partial charge on any atom is 0.312 e. The van der Waals surface area contributed by atoms with Crippen LogP contribution in [-0.2, 0) is 42.9 Å². The highest BCUT2D eigenvalue weighted by molar-refractivity contribution is 5.79. The average molecular weight is 759 g/mol. The molecule has 10 unspecified atom stereocenters. The lowest BCUT2D eigenvalue weighted by molar-refractivity contribution is -0.225. The zero-order valence-corrected chi connectivity index (χ0v) is 34.9. The van der Waals surface area contributed by atoms with Crippen LogP contribution in [0.4, 0.5) is 0 Å². The van der Waals surface area contributed by atoms with E-state index in [1.165, 1.54) is 25.7 Å². The van der Waals surface area contributed by atoms with Crippen LogP contribution in [-0.4, -0.2) is 70.2 Å². The molecule has 1 N–H and O–H groups in total. The summed E-state index contributed by atoms with van der Waals surface area (Å²) in [5.74, 6) is 1.90. The summed E-state index contributed by atoms with van der Waals surface area (Å²) in [6.07, 6.45) is 13.4. The molecule has 0 amide bonds. The van der Waals surface area contributed by atoms with Crippen molar-refractivity contribution >= 4 is 23.9 Å². The molecule has 0 radical (unpaired) electrons. The summed E-state index contributed by atoms with van der Waals surface area (Å²) in [5, 5.41) is 10.6. The van der Waals surface area contributed by atoms with E-state index < -0.39 is 28.6 Å². The molecule has 54 heavy (non-hydrogen) atoms. The van der Waals surface area contributed by atoms with Crippen molar-refractivity contribution in [2.24, 2.45) is 45.8 Å². The van der Waals surface area contributed by atoms with Gasteiger partial charge in [-0.1, -0.05) is 27.7 Å². The Hall–Kier alpha value is -2.20. The Morgan fingerprint density at radius 3 is 1.80 bits per heavy atom. The van der Waals surface area contributed by atoms with Gasteiger partial charge in [-0.2, -0.15) is 0 Å². The molecule has 10 atom stereocenters. The fourth-order valence-electron chi connectivity index (χ4n) is 11.0. The maximum atomic E-state index is 12.4. The van der Waals surface area contributed by atoms with E-state index in [0.717, 1.165) is 57.3 Å². The smallest absolute Gasteiger partial charge is 0.312 e. The van der Waals surface area contributed by atoms with Gasteiger partial charge in [0.05, 0.1) is 33.9 Å². The van der Waals surface area contributed by atoms with Gasteiger partial charge in [0, 0.05) is 6.42 Å². The number of carbonyl (C=O) groups excluding carboxylic acids is 4. The average Bonchev–Trinajstić information content (AvgIpc) is 3.92. The van der Waals surface area contributed by atoms with Crippen molar-refractivity contribution in [3.05, 3.63) is 0 Å². The molecule has 6 aliphatic carbocycles. The van der Waals surface area contributed by atoms with Crippen molar-refractivity contribution in [2.45, 2.75) is 207 Å². The molecule has 9 fully saturated rings. The van der Waals surface area contributed by atoms with Crippen LogP contribution in [0.25, 0.3) is 0 Å². The molecule has 8 bridgehead atoms. The third-order valence-electron chi connectivity index (χ3n) is 15.4. The van der Waals surface area contributed by atoms with Gasteiger partial charge in [-0.15, -0.1) is 0 Å². The Balaban J connectivity index is 0.000000138. The number of esters is 4. The zero-order valence-electron chi connectivity index (χ0n) is 34.9. The van der Waals surface area contributed by atoms with Gasteiger partial charge < -0.3 is 28.8 Å². The first kappa shape index (κ1) is 41.4. The predicted octanol–water partition coefficient (Wildman–Crippen LogP) is 8.03. The third-order valence-corrected chi connectivity index (χ3v) is 15.4. The fraction of sp³-hybridized carbons (Fsp3) is 0.909. The first-order valence-electron chi connectivity index (χ1n) is 21.4. The number of rotatable bonds is 10. The van der Waals surface area contributed by atoms with Crippen LogP contribution in [0.5, 0.6) is 0 Å². The van der Waals surface area contributed by atoms with Gasteiger partial charge >= 0.3 is 23.9 Å². The largest absolute Gasteiger partial charge is 0.459 e. The molecule has 6 saturated carbocycles. The minimum Gasteiger partial charge on any atom is -0.459 e. The standard InChI is InChI=1S/C16H26O3.C15H26O2.C13H18O5/c1-4-14(2,3)13(17)19-16-8-11-5-12(9-16)7-15(18,6-11)10-16;1-5-14(3,4)13(16)17-15(6-2)10-11-7-8-12(15)9-11;1-4-13(2,3)12(15)18-9-7-5-6-8(16-7)10(9)17-11(6)14/h11-12,18H,4-10H2,1-3H3;11-12H,5-10H2,1-4H3;6-10H,4-5H2,1-3H3. The highest BCUT2D eigenvalue weighted by Gasteiger charge is 2.65. The van der Waals surface area contributed by atoms with Crippen LogP contribution in [0.3, 0.4) is 0 Å². The summed E-state index contributed by atoms with van der Waals surface area (Å²) in [7, 11) is 0. The topological polar surface area (TPSA) is 135 Å². The lowest BCUT2D eigenvalue weighted by Gasteiger charge is -2.59. The summed E-state index contributed by atoms with van der Waals surface area (Å²) >= 11 is 0. The Morgan fingerprint density at radius 2 is 1.30 bits per heavy atom. The van der Waals surface area contributed by atoms with Gasteiger partial charge in [0.2, 0.25) is 0 Å². The number of ether oxygens (including phenoxy) is 5. The first-order chi connectivity index (χ1) is 25.1. The molecule has 3 aliphatic heterocycles. The van der Waals surface area contributed by atoms with Crippen LogP contribution < -0.4 is 0 Å². The molecule has 10 nitrogen and oxygen atoms in total. The number of fused-ring (bicyclic) bond motifs is 3. The van der Waals surface area contributed by atoms with Crippen molar-refractivity contribution < 1.29 is 48.0 Å². The molecule has 306 valence electrons. The van der Waals surface area contributed by atoms with Crippen molar-refractivity contribution in [1.29, 1.82) is 0 Å². The number of hydrogen-bond acceptors (Lipinski definition) is 10. The lowest BCUT2D eigenvalue weighted by Crippen LogP contribution is -2.61. The fourth-order valence-corrected chi connectivity index (χ4v) is 11.0. The van der Waals surface area contributed by atoms with Crippen LogP contribution >= 0.6 is 0 Å². The molecule has 0 aromatic carbocycles. The quantitative estimate of drug-likeness (QED) is 0.172. The molecular formula is C44H70O10. The highest BCUT2D eigenvalue weighted by atomic mass is 16.7. The van der Waals surface area contributed by atoms with Crippen molar-refractivity contribution in [2.75, 3.05) is 0 Å². The Bertz CT molecular complexity index is 1430. The molecule has 0 aromatic rings. The van der Waals surface area contributed by atoms with Gasteiger partial charge in [-0.25, -0.2) is 0 Å². The van der Waals surface area contributed by atoms with E-state index in [9.17, 15) is 24.3 Å². The molecule has 0 aromatic heterocycles. The molecular weight excluding hydrogens is 688 g/mol. The van der Waals surface area contributed by atoms with E-state index in [0.29, 0.717) is 37.0 Å². The molecule has 3 heterocycles. The second kappa shape index (κ2) is 14.6. The summed E-state index contributed by atoms with van der Waals surface area (Å²) in [5.41, 5.74) is -2.28. The van der Waals surface area contributed by atoms with Crippen molar-refractivity contribution in [3.63, 3.8) is 0 Å². The van der Waals surface area contributed by atoms with Crippen molar-refractivity contribution in [3.8, 4) is 0 Å². The monoisotopic (exact) mass is 758 g/mol. The normalized spacial score (nSPS) is 40.7. The molecule has 0 spiro atoms.